The molecule has 0 saturated carbocycles. The van der Waals surface area contributed by atoms with Crippen molar-refractivity contribution in [3.63, 3.8) is 0 Å². The van der Waals surface area contributed by atoms with E-state index < -0.39 is 23.6 Å². The molecule has 1 N–H and O–H groups in total. The molecule has 4 rings (SSSR count). The first-order chi connectivity index (χ1) is 19.4. The van der Waals surface area contributed by atoms with Gasteiger partial charge in [0, 0.05) is 23.5 Å². The molecule has 0 fully saturated rings. The van der Waals surface area contributed by atoms with Gasteiger partial charge in [0.1, 0.15) is 6.10 Å². The SMILES string of the molecule is C=CCCCOc1ccc(-c2ccc(CCc3ccc(-c4cnc(C(O)CCC)nc4)c(F)c3F)cc2)cc1F. The standard InChI is InChI=1S/C33H33F3N2O2/c1-3-5-6-18-40-30-17-15-25(19-28(30)34)23-11-8-22(9-12-23)10-13-24-14-16-27(32(36)31(24)35)26-20-37-33(38-21-26)29(39)7-4-2/h3,8-9,11-12,14-17,19-21,29,39H,1,4-7,10,13,18H2,2H3. The summed E-state index contributed by atoms with van der Waals surface area (Å²) < 4.78 is 49.8. The minimum atomic E-state index is -0.950. The number of unbranched alkanes of at least 4 members (excludes halogenated alkanes) is 1. The van der Waals surface area contributed by atoms with Crippen LogP contribution < -0.4 is 4.74 Å². The largest absolute Gasteiger partial charge is 0.491 e. The van der Waals surface area contributed by atoms with Gasteiger partial charge < -0.3 is 9.84 Å². The predicted octanol–water partition coefficient (Wildman–Crippen LogP) is 8.19. The summed E-state index contributed by atoms with van der Waals surface area (Å²) in [5.41, 5.74) is 3.20. The van der Waals surface area contributed by atoms with Gasteiger partial charge >= 0.3 is 0 Å². The first-order valence-corrected chi connectivity index (χ1v) is 13.5. The number of ether oxygens (including phenoxy) is 1. The Kier molecular flexibility index (Phi) is 10.1. The number of nitrogens with zero attached hydrogens (tertiary/aromatic N) is 2. The number of hydrogen-bond donors (Lipinski definition) is 1. The van der Waals surface area contributed by atoms with E-state index in [0.29, 0.717) is 31.4 Å². The van der Waals surface area contributed by atoms with Crippen LogP contribution in [-0.4, -0.2) is 21.7 Å². The van der Waals surface area contributed by atoms with Crippen LogP contribution in [0.1, 0.15) is 55.7 Å². The Hall–Kier alpha value is -3.97. The Morgan fingerprint density at radius 1 is 0.900 bits per heavy atom. The number of aliphatic hydroxyl groups is 1. The maximum atomic E-state index is 14.9. The zero-order valence-electron chi connectivity index (χ0n) is 22.5. The Bertz CT molecular complexity index is 1420. The third-order valence-electron chi connectivity index (χ3n) is 6.72. The molecular weight excluding hydrogens is 513 g/mol. The van der Waals surface area contributed by atoms with Gasteiger partial charge in [0.25, 0.3) is 0 Å². The van der Waals surface area contributed by atoms with Crippen LogP contribution in [0.4, 0.5) is 13.2 Å². The molecule has 1 atom stereocenters. The highest BCUT2D eigenvalue weighted by Gasteiger charge is 2.17. The summed E-state index contributed by atoms with van der Waals surface area (Å²) in [5, 5.41) is 10.0. The van der Waals surface area contributed by atoms with Crippen molar-refractivity contribution < 1.29 is 23.0 Å². The molecule has 1 aromatic heterocycles. The summed E-state index contributed by atoms with van der Waals surface area (Å²) in [5.74, 6) is -1.78. The smallest absolute Gasteiger partial charge is 0.167 e. The zero-order valence-corrected chi connectivity index (χ0v) is 22.5. The minimum Gasteiger partial charge on any atom is -0.491 e. The first-order valence-electron chi connectivity index (χ1n) is 13.5. The summed E-state index contributed by atoms with van der Waals surface area (Å²) in [7, 11) is 0. The van der Waals surface area contributed by atoms with Crippen molar-refractivity contribution >= 4 is 0 Å². The molecule has 0 aliphatic rings. The van der Waals surface area contributed by atoms with Gasteiger partial charge in [-0.1, -0.05) is 61.9 Å². The van der Waals surface area contributed by atoms with Crippen molar-refractivity contribution in [3.05, 3.63) is 114 Å². The highest BCUT2D eigenvalue weighted by Crippen LogP contribution is 2.29. The van der Waals surface area contributed by atoms with Crippen LogP contribution in [0, 0.1) is 17.5 Å². The minimum absolute atomic E-state index is 0.0718. The van der Waals surface area contributed by atoms with Crippen LogP contribution in [-0.2, 0) is 12.8 Å². The third kappa shape index (κ3) is 7.16. The molecule has 40 heavy (non-hydrogen) atoms. The van der Waals surface area contributed by atoms with E-state index in [2.05, 4.69) is 16.5 Å². The monoisotopic (exact) mass is 546 g/mol. The second-order valence-corrected chi connectivity index (χ2v) is 9.66. The second-order valence-electron chi connectivity index (χ2n) is 9.66. The van der Waals surface area contributed by atoms with Crippen LogP contribution in [0.2, 0.25) is 0 Å². The molecule has 0 saturated heterocycles. The molecule has 0 aliphatic carbocycles. The fourth-order valence-corrected chi connectivity index (χ4v) is 4.41. The molecule has 208 valence electrons. The van der Waals surface area contributed by atoms with Crippen molar-refractivity contribution in [2.45, 2.75) is 51.6 Å². The number of rotatable bonds is 13. The topological polar surface area (TPSA) is 55.2 Å². The van der Waals surface area contributed by atoms with Gasteiger partial charge in [0.05, 0.1) is 6.61 Å². The second kappa shape index (κ2) is 13.9. The number of hydrogen-bond acceptors (Lipinski definition) is 4. The van der Waals surface area contributed by atoms with Crippen LogP contribution in [0.5, 0.6) is 5.75 Å². The van der Waals surface area contributed by atoms with Gasteiger partial charge in [0.15, 0.2) is 29.0 Å². The average molecular weight is 547 g/mol. The van der Waals surface area contributed by atoms with Crippen molar-refractivity contribution in [2.75, 3.05) is 6.61 Å². The Balaban J connectivity index is 1.38. The zero-order chi connectivity index (χ0) is 28.5. The van der Waals surface area contributed by atoms with Crippen LogP contribution in [0.3, 0.4) is 0 Å². The van der Waals surface area contributed by atoms with E-state index in [9.17, 15) is 18.3 Å². The van der Waals surface area contributed by atoms with E-state index in [1.807, 2.05) is 37.3 Å². The molecule has 0 radical (unpaired) electrons. The summed E-state index contributed by atoms with van der Waals surface area (Å²) >= 11 is 0. The van der Waals surface area contributed by atoms with Gasteiger partial charge in [0.2, 0.25) is 0 Å². The lowest BCUT2D eigenvalue weighted by Crippen LogP contribution is -2.04. The molecule has 0 aliphatic heterocycles. The summed E-state index contributed by atoms with van der Waals surface area (Å²) in [6, 6.07) is 15.6. The molecule has 3 aromatic carbocycles. The Morgan fingerprint density at radius 3 is 2.30 bits per heavy atom. The average Bonchev–Trinajstić information content (AvgIpc) is 2.97. The van der Waals surface area contributed by atoms with Crippen molar-refractivity contribution in [2.24, 2.45) is 0 Å². The van der Waals surface area contributed by atoms with Crippen LogP contribution >= 0.6 is 0 Å². The number of aryl methyl sites for hydroxylation is 2. The Morgan fingerprint density at radius 2 is 1.62 bits per heavy atom. The van der Waals surface area contributed by atoms with Gasteiger partial charge in [-0.3, -0.25) is 0 Å². The van der Waals surface area contributed by atoms with E-state index in [-0.39, 0.29) is 22.7 Å². The maximum absolute atomic E-state index is 14.9. The van der Waals surface area contributed by atoms with E-state index >= 15 is 0 Å². The van der Waals surface area contributed by atoms with E-state index in [0.717, 1.165) is 36.0 Å². The van der Waals surface area contributed by atoms with E-state index in [4.69, 9.17) is 4.74 Å². The molecule has 0 spiro atoms. The molecule has 0 amide bonds. The molecule has 7 heteroatoms. The molecule has 1 heterocycles. The maximum Gasteiger partial charge on any atom is 0.167 e. The molecule has 4 aromatic rings. The number of aromatic nitrogens is 2. The van der Waals surface area contributed by atoms with Gasteiger partial charge in [-0.2, -0.15) is 0 Å². The number of halogens is 3. The van der Waals surface area contributed by atoms with Gasteiger partial charge in [-0.05, 0) is 66.5 Å². The van der Waals surface area contributed by atoms with E-state index in [1.165, 1.54) is 24.5 Å². The van der Waals surface area contributed by atoms with Crippen LogP contribution in [0.25, 0.3) is 22.3 Å². The number of aliphatic hydroxyl groups excluding tert-OH is 1. The molecule has 4 nitrogen and oxygen atoms in total. The highest BCUT2D eigenvalue weighted by atomic mass is 19.2. The van der Waals surface area contributed by atoms with Gasteiger partial charge in [-0.25, -0.2) is 23.1 Å². The first kappa shape index (κ1) is 29.0. The lowest BCUT2D eigenvalue weighted by molar-refractivity contribution is 0.156. The summed E-state index contributed by atoms with van der Waals surface area (Å²) in [6.45, 7) is 6.03. The summed E-state index contributed by atoms with van der Waals surface area (Å²) in [6.07, 6.45) is 7.54. The van der Waals surface area contributed by atoms with Crippen molar-refractivity contribution in [1.82, 2.24) is 9.97 Å². The fourth-order valence-electron chi connectivity index (χ4n) is 4.41. The molecule has 1 unspecified atom stereocenters. The fraction of sp³-hybridized carbons (Fsp3) is 0.273. The lowest BCUT2D eigenvalue weighted by atomic mass is 9.98. The van der Waals surface area contributed by atoms with Gasteiger partial charge in [-0.15, -0.1) is 6.58 Å². The normalized spacial score (nSPS) is 11.8. The quantitative estimate of drug-likeness (QED) is 0.136. The third-order valence-corrected chi connectivity index (χ3v) is 6.72. The summed E-state index contributed by atoms with van der Waals surface area (Å²) in [4.78, 5) is 8.24. The molecule has 0 bridgehead atoms. The van der Waals surface area contributed by atoms with Crippen molar-refractivity contribution in [1.29, 1.82) is 0 Å². The van der Waals surface area contributed by atoms with Crippen molar-refractivity contribution in [3.8, 4) is 28.0 Å². The number of benzene rings is 3. The van der Waals surface area contributed by atoms with Crippen LogP contribution in [0.15, 0.2) is 79.6 Å². The van der Waals surface area contributed by atoms with E-state index in [1.54, 1.807) is 18.2 Å². The predicted molar refractivity (Wildman–Crippen MR) is 151 cm³/mol. The highest BCUT2D eigenvalue weighted by molar-refractivity contribution is 5.65. The Labute approximate surface area is 233 Å². The lowest BCUT2D eigenvalue weighted by Gasteiger charge is -2.11. The molecular formula is C33H33F3N2O2. The number of allylic oxidation sites excluding steroid dienone is 1.